The minimum absolute atomic E-state index is 0.422. The predicted molar refractivity (Wildman–Crippen MR) is 93.8 cm³/mol. The summed E-state index contributed by atoms with van der Waals surface area (Å²) in [5.41, 5.74) is -5.49. The van der Waals surface area contributed by atoms with Gasteiger partial charge >= 0.3 is 35.8 Å². The van der Waals surface area contributed by atoms with E-state index in [0.29, 0.717) is 24.3 Å². The van der Waals surface area contributed by atoms with Crippen molar-refractivity contribution in [1.29, 1.82) is 0 Å². The SMILES string of the molecule is O=C(O)c1cc(C(=O)O)c(C(=O)OC(=O)c2cc(O)c(C(=O)O)cc2C(=O)O)cc1O. The maximum atomic E-state index is 12.3. The molecule has 0 saturated heterocycles. The van der Waals surface area contributed by atoms with E-state index < -0.39 is 80.7 Å². The molecule has 0 atom stereocenters. The fourth-order valence-corrected chi connectivity index (χ4v) is 2.40. The fraction of sp³-hybridized carbons (Fsp3) is 0. The van der Waals surface area contributed by atoms with Crippen LogP contribution in [-0.2, 0) is 4.74 Å². The summed E-state index contributed by atoms with van der Waals surface area (Å²) in [6.45, 7) is 0. The molecule has 2 aromatic carbocycles. The summed E-state index contributed by atoms with van der Waals surface area (Å²) in [6.07, 6.45) is 0. The molecule has 13 heteroatoms. The first kappa shape index (κ1) is 22.4. The number of phenols is 2. The van der Waals surface area contributed by atoms with Crippen LogP contribution in [0.2, 0.25) is 0 Å². The van der Waals surface area contributed by atoms with Crippen molar-refractivity contribution in [2.24, 2.45) is 0 Å². The third kappa shape index (κ3) is 4.40. The van der Waals surface area contributed by atoms with Gasteiger partial charge in [0.1, 0.15) is 22.6 Å². The standard InChI is InChI=1S/C18H10O13/c19-11-3-7(5(13(21)22)1-9(11)15(25)26)17(29)31-18(30)8-4-12(20)10(16(27)28)2-6(8)14(23)24/h1-4,19-20H,(H,21,22)(H,23,24)(H,25,26)(H,27,28). The van der Waals surface area contributed by atoms with Crippen molar-refractivity contribution in [1.82, 2.24) is 0 Å². The zero-order valence-electron chi connectivity index (χ0n) is 14.9. The van der Waals surface area contributed by atoms with Crippen LogP contribution in [0.3, 0.4) is 0 Å². The first-order chi connectivity index (χ1) is 14.3. The molecule has 0 aliphatic heterocycles. The number of aromatic carboxylic acids is 4. The lowest BCUT2D eigenvalue weighted by Gasteiger charge is -2.11. The summed E-state index contributed by atoms with van der Waals surface area (Å²) < 4.78 is 4.39. The highest BCUT2D eigenvalue weighted by molar-refractivity contribution is 6.12. The highest BCUT2D eigenvalue weighted by Gasteiger charge is 2.28. The van der Waals surface area contributed by atoms with Gasteiger partial charge in [-0.2, -0.15) is 0 Å². The third-order valence-corrected chi connectivity index (χ3v) is 3.82. The topological polar surface area (TPSA) is 233 Å². The van der Waals surface area contributed by atoms with Crippen molar-refractivity contribution in [3.8, 4) is 11.5 Å². The summed E-state index contributed by atoms with van der Waals surface area (Å²) in [5.74, 6) is -12.5. The fourth-order valence-electron chi connectivity index (χ4n) is 2.40. The van der Waals surface area contributed by atoms with Gasteiger partial charge in [-0.15, -0.1) is 0 Å². The van der Waals surface area contributed by atoms with E-state index in [2.05, 4.69) is 4.74 Å². The van der Waals surface area contributed by atoms with E-state index in [-0.39, 0.29) is 0 Å². The molecule has 0 aliphatic rings. The molecule has 2 aromatic rings. The molecule has 13 nitrogen and oxygen atoms in total. The summed E-state index contributed by atoms with van der Waals surface area (Å²) >= 11 is 0. The van der Waals surface area contributed by atoms with E-state index in [0.717, 1.165) is 0 Å². The van der Waals surface area contributed by atoms with Crippen LogP contribution in [0.4, 0.5) is 0 Å². The quantitative estimate of drug-likeness (QED) is 0.274. The average Bonchev–Trinajstić information content (AvgIpc) is 2.66. The zero-order chi connectivity index (χ0) is 23.6. The van der Waals surface area contributed by atoms with Gasteiger partial charge in [-0.25, -0.2) is 28.8 Å². The molecule has 0 fully saturated rings. The number of hydrogen-bond donors (Lipinski definition) is 6. The van der Waals surface area contributed by atoms with Gasteiger partial charge in [-0.3, -0.25) is 0 Å². The van der Waals surface area contributed by atoms with Gasteiger partial charge in [-0.05, 0) is 24.3 Å². The predicted octanol–water partition coefficient (Wildman–Crippen LogP) is 0.888. The number of benzene rings is 2. The second-order valence-corrected chi connectivity index (χ2v) is 5.73. The van der Waals surface area contributed by atoms with Crippen LogP contribution >= 0.6 is 0 Å². The number of carbonyl (C=O) groups excluding carboxylic acids is 2. The van der Waals surface area contributed by atoms with E-state index in [1.54, 1.807) is 0 Å². The summed E-state index contributed by atoms with van der Waals surface area (Å²) in [6, 6.07) is 1.73. The largest absolute Gasteiger partial charge is 0.507 e. The third-order valence-electron chi connectivity index (χ3n) is 3.82. The van der Waals surface area contributed by atoms with Gasteiger partial charge in [0.15, 0.2) is 0 Å². The normalized spacial score (nSPS) is 10.2. The van der Waals surface area contributed by atoms with Crippen LogP contribution in [0.1, 0.15) is 62.1 Å². The smallest absolute Gasteiger partial charge is 0.347 e. The van der Waals surface area contributed by atoms with Gasteiger partial charge in [-0.1, -0.05) is 0 Å². The number of hydrogen-bond acceptors (Lipinski definition) is 9. The number of aromatic hydroxyl groups is 2. The van der Waals surface area contributed by atoms with Gasteiger partial charge in [0, 0.05) is 0 Å². The highest BCUT2D eigenvalue weighted by Crippen LogP contribution is 2.26. The van der Waals surface area contributed by atoms with Gasteiger partial charge in [0.2, 0.25) is 0 Å². The van der Waals surface area contributed by atoms with E-state index in [9.17, 15) is 39.0 Å². The van der Waals surface area contributed by atoms with Crippen molar-refractivity contribution in [3.05, 3.63) is 57.6 Å². The molecular weight excluding hydrogens is 424 g/mol. The second-order valence-electron chi connectivity index (χ2n) is 5.73. The number of rotatable bonds is 6. The van der Waals surface area contributed by atoms with Crippen molar-refractivity contribution in [3.63, 3.8) is 0 Å². The Morgan fingerprint density at radius 1 is 0.484 bits per heavy atom. The number of carboxylic acid groups (broad SMARTS) is 4. The highest BCUT2D eigenvalue weighted by atomic mass is 16.6. The van der Waals surface area contributed by atoms with E-state index in [1.165, 1.54) is 0 Å². The van der Waals surface area contributed by atoms with Crippen LogP contribution in [0.15, 0.2) is 24.3 Å². The molecule has 31 heavy (non-hydrogen) atoms. The summed E-state index contributed by atoms with van der Waals surface area (Å²) in [5, 5.41) is 55.5. The molecule has 0 heterocycles. The molecule has 2 rings (SSSR count). The molecule has 160 valence electrons. The van der Waals surface area contributed by atoms with Crippen LogP contribution < -0.4 is 0 Å². The Balaban J connectivity index is 2.51. The number of esters is 2. The number of ether oxygens (including phenoxy) is 1. The van der Waals surface area contributed by atoms with Crippen LogP contribution in [0.25, 0.3) is 0 Å². The first-order valence-electron chi connectivity index (χ1n) is 7.78. The van der Waals surface area contributed by atoms with Crippen LogP contribution in [-0.4, -0.2) is 66.5 Å². The summed E-state index contributed by atoms with van der Waals surface area (Å²) in [7, 11) is 0. The second kappa shape index (κ2) is 8.20. The monoisotopic (exact) mass is 434 g/mol. The first-order valence-corrected chi connectivity index (χ1v) is 7.78. The number of carboxylic acids is 4. The van der Waals surface area contributed by atoms with Crippen molar-refractivity contribution < 1.29 is 64.1 Å². The average molecular weight is 434 g/mol. The molecular formula is C18H10O13. The lowest BCUT2D eigenvalue weighted by atomic mass is 10.0. The molecule has 0 saturated carbocycles. The van der Waals surface area contributed by atoms with Gasteiger partial charge in [0.05, 0.1) is 22.3 Å². The molecule has 0 radical (unpaired) electrons. The van der Waals surface area contributed by atoms with Crippen molar-refractivity contribution in [2.45, 2.75) is 0 Å². The molecule has 0 aromatic heterocycles. The van der Waals surface area contributed by atoms with Gasteiger partial charge < -0.3 is 35.4 Å². The Morgan fingerprint density at radius 2 is 0.774 bits per heavy atom. The Kier molecular flexibility index (Phi) is 5.91. The van der Waals surface area contributed by atoms with E-state index >= 15 is 0 Å². The minimum atomic E-state index is -1.81. The van der Waals surface area contributed by atoms with Crippen LogP contribution in [0.5, 0.6) is 11.5 Å². The lowest BCUT2D eigenvalue weighted by molar-refractivity contribution is 0.0384. The van der Waals surface area contributed by atoms with Gasteiger partial charge in [0.25, 0.3) is 0 Å². The minimum Gasteiger partial charge on any atom is -0.507 e. The van der Waals surface area contributed by atoms with E-state index in [4.69, 9.17) is 20.4 Å². The Morgan fingerprint density at radius 3 is 1.03 bits per heavy atom. The van der Waals surface area contributed by atoms with Crippen LogP contribution in [0, 0.1) is 0 Å². The van der Waals surface area contributed by atoms with E-state index in [1.807, 2.05) is 0 Å². The maximum Gasteiger partial charge on any atom is 0.347 e. The number of carbonyl (C=O) groups is 6. The molecule has 0 unspecified atom stereocenters. The Labute approximate surface area is 170 Å². The lowest BCUT2D eigenvalue weighted by Crippen LogP contribution is -2.19. The Bertz CT molecular complexity index is 1080. The summed E-state index contributed by atoms with van der Waals surface area (Å²) in [4.78, 5) is 69.2. The Hall–Kier alpha value is -4.94. The zero-order valence-corrected chi connectivity index (χ0v) is 14.9. The molecule has 0 spiro atoms. The van der Waals surface area contributed by atoms with Crippen molar-refractivity contribution in [2.75, 3.05) is 0 Å². The molecule has 0 bridgehead atoms. The molecule has 6 N–H and O–H groups in total. The van der Waals surface area contributed by atoms with Crippen molar-refractivity contribution >= 4 is 35.8 Å². The molecule has 0 amide bonds. The maximum absolute atomic E-state index is 12.3. The molecule has 0 aliphatic carbocycles.